The van der Waals surface area contributed by atoms with E-state index in [0.717, 1.165) is 0 Å². The van der Waals surface area contributed by atoms with Crippen LogP contribution in [0.3, 0.4) is 0 Å². The summed E-state index contributed by atoms with van der Waals surface area (Å²) < 4.78 is 15.4. The van der Waals surface area contributed by atoms with Crippen LogP contribution in [0.1, 0.15) is 47.8 Å². The smallest absolute Gasteiger partial charge is 0.342 e. The first kappa shape index (κ1) is 17.5. The molecular formula is C19H16O7. The Labute approximate surface area is 149 Å². The van der Waals surface area contributed by atoms with Gasteiger partial charge in [0.1, 0.15) is 11.3 Å². The second-order valence-electron chi connectivity index (χ2n) is 5.67. The van der Waals surface area contributed by atoms with Crippen molar-refractivity contribution >= 4 is 17.5 Å². The summed E-state index contributed by atoms with van der Waals surface area (Å²) >= 11 is 0. The lowest BCUT2D eigenvalue weighted by atomic mass is 9.79. The lowest BCUT2D eigenvalue weighted by Gasteiger charge is -2.25. The second kappa shape index (κ2) is 6.18. The molecule has 0 aliphatic heterocycles. The third kappa shape index (κ3) is 2.17. The number of esters is 1. The highest BCUT2D eigenvalue weighted by Gasteiger charge is 2.40. The molecule has 1 aliphatic rings. The van der Waals surface area contributed by atoms with Crippen molar-refractivity contribution < 1.29 is 33.7 Å². The number of aromatic hydroxyl groups is 1. The molecule has 26 heavy (non-hydrogen) atoms. The van der Waals surface area contributed by atoms with Crippen molar-refractivity contribution in [1.29, 1.82) is 0 Å². The summed E-state index contributed by atoms with van der Waals surface area (Å²) in [6.07, 6.45) is 0. The SMILES string of the molecule is COC(=O)c1c(C)c2c(c(OC)c1OC)C(=O)c1cccc(O)c1C2=O. The van der Waals surface area contributed by atoms with E-state index in [1.807, 2.05) is 0 Å². The average molecular weight is 356 g/mol. The van der Waals surface area contributed by atoms with Gasteiger partial charge in [-0.2, -0.15) is 0 Å². The van der Waals surface area contributed by atoms with E-state index in [1.54, 1.807) is 0 Å². The normalized spacial score (nSPS) is 12.3. The van der Waals surface area contributed by atoms with E-state index >= 15 is 0 Å². The van der Waals surface area contributed by atoms with Crippen LogP contribution in [-0.2, 0) is 4.74 Å². The van der Waals surface area contributed by atoms with Crippen LogP contribution >= 0.6 is 0 Å². The Balaban J connectivity index is 2.48. The number of carbonyl (C=O) groups is 3. The number of hydrogen-bond acceptors (Lipinski definition) is 7. The fourth-order valence-electron chi connectivity index (χ4n) is 3.29. The van der Waals surface area contributed by atoms with E-state index in [0.29, 0.717) is 0 Å². The van der Waals surface area contributed by atoms with Crippen molar-refractivity contribution in [2.45, 2.75) is 6.92 Å². The molecule has 0 saturated heterocycles. The Kier molecular flexibility index (Phi) is 4.15. The van der Waals surface area contributed by atoms with Crippen molar-refractivity contribution in [2.24, 2.45) is 0 Å². The van der Waals surface area contributed by atoms with Crippen LogP contribution in [-0.4, -0.2) is 44.0 Å². The molecule has 0 amide bonds. The van der Waals surface area contributed by atoms with Crippen LogP contribution in [0.2, 0.25) is 0 Å². The highest BCUT2D eigenvalue weighted by molar-refractivity contribution is 6.31. The molecule has 0 aromatic heterocycles. The summed E-state index contributed by atoms with van der Waals surface area (Å²) in [5.41, 5.74) is 0.159. The number of ether oxygens (including phenoxy) is 3. The molecule has 2 aromatic rings. The summed E-state index contributed by atoms with van der Waals surface area (Å²) in [5.74, 6) is -2.12. The molecular weight excluding hydrogens is 340 g/mol. The van der Waals surface area contributed by atoms with Crippen LogP contribution in [0.4, 0.5) is 0 Å². The largest absolute Gasteiger partial charge is 0.507 e. The topological polar surface area (TPSA) is 99.1 Å². The van der Waals surface area contributed by atoms with Gasteiger partial charge < -0.3 is 19.3 Å². The van der Waals surface area contributed by atoms with E-state index in [-0.39, 0.29) is 50.6 Å². The van der Waals surface area contributed by atoms with Crippen LogP contribution in [0.5, 0.6) is 17.2 Å². The van der Waals surface area contributed by atoms with E-state index in [2.05, 4.69) is 0 Å². The highest BCUT2D eigenvalue weighted by Crippen LogP contribution is 2.45. The van der Waals surface area contributed by atoms with Gasteiger partial charge in [-0.1, -0.05) is 12.1 Å². The van der Waals surface area contributed by atoms with Crippen LogP contribution in [0, 0.1) is 6.92 Å². The van der Waals surface area contributed by atoms with E-state index in [1.165, 1.54) is 46.5 Å². The Bertz CT molecular complexity index is 973. The molecule has 0 atom stereocenters. The van der Waals surface area contributed by atoms with Crippen molar-refractivity contribution in [3.63, 3.8) is 0 Å². The van der Waals surface area contributed by atoms with Gasteiger partial charge >= 0.3 is 5.97 Å². The summed E-state index contributed by atoms with van der Waals surface area (Å²) in [6, 6.07) is 4.25. The van der Waals surface area contributed by atoms with Gasteiger partial charge in [-0.05, 0) is 18.6 Å². The molecule has 0 heterocycles. The molecule has 3 rings (SSSR count). The van der Waals surface area contributed by atoms with E-state index in [4.69, 9.17) is 14.2 Å². The number of ketones is 2. The number of phenolic OH excluding ortho intramolecular Hbond substituents is 1. The molecule has 134 valence electrons. The first-order chi connectivity index (χ1) is 12.4. The van der Waals surface area contributed by atoms with Gasteiger partial charge in [0.05, 0.1) is 32.5 Å². The van der Waals surface area contributed by atoms with Crippen LogP contribution in [0.15, 0.2) is 18.2 Å². The Morgan fingerprint density at radius 3 is 2.15 bits per heavy atom. The third-order valence-corrected chi connectivity index (χ3v) is 4.43. The maximum absolute atomic E-state index is 13.1. The van der Waals surface area contributed by atoms with Gasteiger partial charge in [0.15, 0.2) is 23.1 Å². The predicted molar refractivity (Wildman–Crippen MR) is 90.6 cm³/mol. The Hall–Kier alpha value is -3.35. The van der Waals surface area contributed by atoms with Crippen molar-refractivity contribution in [2.75, 3.05) is 21.3 Å². The maximum atomic E-state index is 13.1. The molecule has 0 radical (unpaired) electrons. The number of carbonyl (C=O) groups excluding carboxylic acids is 3. The number of benzene rings is 2. The lowest BCUT2D eigenvalue weighted by Crippen LogP contribution is -2.25. The molecule has 2 aromatic carbocycles. The number of methoxy groups -OCH3 is 3. The van der Waals surface area contributed by atoms with Gasteiger partial charge in [-0.15, -0.1) is 0 Å². The minimum atomic E-state index is -0.733. The number of rotatable bonds is 3. The summed E-state index contributed by atoms with van der Waals surface area (Å²) in [6.45, 7) is 1.52. The summed E-state index contributed by atoms with van der Waals surface area (Å²) in [5, 5.41) is 10.1. The molecule has 0 unspecified atom stereocenters. The van der Waals surface area contributed by atoms with Gasteiger partial charge in [-0.25, -0.2) is 4.79 Å². The molecule has 0 spiro atoms. The molecule has 0 saturated carbocycles. The fraction of sp³-hybridized carbons (Fsp3) is 0.211. The van der Waals surface area contributed by atoms with E-state index < -0.39 is 17.5 Å². The minimum Gasteiger partial charge on any atom is -0.507 e. The van der Waals surface area contributed by atoms with Crippen molar-refractivity contribution in [3.8, 4) is 17.2 Å². The molecule has 1 aliphatic carbocycles. The Morgan fingerprint density at radius 2 is 1.58 bits per heavy atom. The van der Waals surface area contributed by atoms with Crippen molar-refractivity contribution in [3.05, 3.63) is 51.6 Å². The third-order valence-electron chi connectivity index (χ3n) is 4.43. The number of fused-ring (bicyclic) bond motifs is 2. The van der Waals surface area contributed by atoms with Crippen LogP contribution in [0.25, 0.3) is 0 Å². The zero-order valence-electron chi connectivity index (χ0n) is 14.6. The average Bonchev–Trinajstić information content (AvgIpc) is 2.64. The van der Waals surface area contributed by atoms with Gasteiger partial charge in [0, 0.05) is 11.1 Å². The quantitative estimate of drug-likeness (QED) is 0.719. The highest BCUT2D eigenvalue weighted by atomic mass is 16.5. The summed E-state index contributed by atoms with van der Waals surface area (Å²) in [4.78, 5) is 38.4. The van der Waals surface area contributed by atoms with Crippen LogP contribution < -0.4 is 9.47 Å². The first-order valence-corrected chi connectivity index (χ1v) is 7.67. The molecule has 0 fully saturated rings. The van der Waals surface area contributed by atoms with E-state index in [9.17, 15) is 19.5 Å². The van der Waals surface area contributed by atoms with Gasteiger partial charge in [-0.3, -0.25) is 9.59 Å². The zero-order valence-corrected chi connectivity index (χ0v) is 14.6. The lowest BCUT2D eigenvalue weighted by molar-refractivity contribution is 0.0595. The number of hydrogen-bond donors (Lipinski definition) is 1. The minimum absolute atomic E-state index is 0.00222. The number of phenols is 1. The zero-order chi connectivity index (χ0) is 19.2. The summed E-state index contributed by atoms with van der Waals surface area (Å²) in [7, 11) is 3.83. The molecule has 1 N–H and O–H groups in total. The molecule has 7 nitrogen and oxygen atoms in total. The molecule has 0 bridgehead atoms. The monoisotopic (exact) mass is 356 g/mol. The van der Waals surface area contributed by atoms with Gasteiger partial charge in [0.2, 0.25) is 0 Å². The maximum Gasteiger partial charge on any atom is 0.342 e. The van der Waals surface area contributed by atoms with Gasteiger partial charge in [0.25, 0.3) is 0 Å². The van der Waals surface area contributed by atoms with Crippen molar-refractivity contribution in [1.82, 2.24) is 0 Å². The predicted octanol–water partition coefficient (Wildman–Crippen LogP) is 2.28. The fourth-order valence-corrected chi connectivity index (χ4v) is 3.29. The Morgan fingerprint density at radius 1 is 0.923 bits per heavy atom. The molecule has 7 heteroatoms. The second-order valence-corrected chi connectivity index (χ2v) is 5.67. The first-order valence-electron chi connectivity index (χ1n) is 7.67. The standard InChI is InChI=1S/C19H16O7/c1-8-11-14(18(25-3)17(24-2)12(8)19(23)26-4)15(21)9-6-5-7-10(20)13(9)16(11)22/h5-7,20H,1-4H3.